The van der Waals surface area contributed by atoms with Gasteiger partial charge in [0.15, 0.2) is 11.9 Å². The van der Waals surface area contributed by atoms with Gasteiger partial charge < -0.3 is 24.8 Å². The second kappa shape index (κ2) is 10.7. The van der Waals surface area contributed by atoms with E-state index in [-0.39, 0.29) is 11.6 Å². The monoisotopic (exact) mass is 578 g/mol. The molecule has 0 spiro atoms. The van der Waals surface area contributed by atoms with E-state index in [0.717, 1.165) is 23.1 Å². The number of hydrogen-bond acceptors (Lipinski definition) is 10. The Bertz CT molecular complexity index is 1160. The molecule has 0 radical (unpaired) electrons. The highest BCUT2D eigenvalue weighted by molar-refractivity contribution is 9.10. The van der Waals surface area contributed by atoms with E-state index >= 15 is 4.39 Å². The third kappa shape index (κ3) is 6.26. The number of ether oxygens (including phenoxy) is 2. The normalized spacial score (nSPS) is 26.6. The molecule has 3 rings (SSSR count). The Kier molecular flexibility index (Phi) is 8.35. The summed E-state index contributed by atoms with van der Waals surface area (Å²) in [5.41, 5.74) is 2.14. The van der Waals surface area contributed by atoms with Gasteiger partial charge in [0.25, 0.3) is 0 Å². The molecular formula is C20H25BrFN4O8P. The number of nitrogens with two attached hydrogens (primary N) is 1. The van der Waals surface area contributed by atoms with Crippen molar-refractivity contribution in [1.82, 2.24) is 14.6 Å². The summed E-state index contributed by atoms with van der Waals surface area (Å²) in [6, 6.07) is 6.43. The molecule has 4 N–H and O–H groups in total. The topological polar surface area (TPSA) is 164 Å². The largest absolute Gasteiger partial charge is 0.468 e. The van der Waals surface area contributed by atoms with E-state index in [2.05, 4.69) is 30.7 Å². The lowest BCUT2D eigenvalue weighted by molar-refractivity contribution is -0.142. The maximum atomic E-state index is 15.4. The predicted octanol–water partition coefficient (Wildman–Crippen LogP) is 1.93. The van der Waals surface area contributed by atoms with Gasteiger partial charge in [0.2, 0.25) is 0 Å². The molecule has 2 aromatic rings. The van der Waals surface area contributed by atoms with E-state index in [1.807, 2.05) is 0 Å². The fourth-order valence-electron chi connectivity index (χ4n) is 3.32. The number of alkyl halides is 1. The molecule has 35 heavy (non-hydrogen) atoms. The molecule has 12 nitrogen and oxygen atoms in total. The fourth-order valence-corrected chi connectivity index (χ4v) is 5.08. The van der Waals surface area contributed by atoms with Gasteiger partial charge >= 0.3 is 19.4 Å². The summed E-state index contributed by atoms with van der Waals surface area (Å²) in [4.78, 5) is 27.6. The van der Waals surface area contributed by atoms with E-state index < -0.39 is 56.2 Å². The van der Waals surface area contributed by atoms with Crippen LogP contribution in [0.3, 0.4) is 0 Å². The SMILES string of the molecule is COC(=O)[C@H](C)NP(=O)(OC[C@H]1O[C@@H](n2ccc(N)nc2=O)[C@](C)(F)[C@@H]1O)Oc1ccc(Br)cc1. The Morgan fingerprint density at radius 3 is 2.69 bits per heavy atom. The zero-order valence-corrected chi connectivity index (χ0v) is 21.4. The number of hydrogen-bond donors (Lipinski definition) is 3. The molecule has 2 heterocycles. The van der Waals surface area contributed by atoms with Gasteiger partial charge in [-0.25, -0.2) is 13.8 Å². The molecule has 1 aromatic carbocycles. The third-order valence-electron chi connectivity index (χ3n) is 5.18. The smallest absolute Gasteiger partial charge is 0.459 e. The van der Waals surface area contributed by atoms with Crippen LogP contribution < -0.4 is 21.0 Å². The highest BCUT2D eigenvalue weighted by atomic mass is 79.9. The van der Waals surface area contributed by atoms with Crippen LogP contribution in [-0.2, 0) is 23.4 Å². The van der Waals surface area contributed by atoms with Gasteiger partial charge in [-0.1, -0.05) is 15.9 Å². The maximum absolute atomic E-state index is 15.4. The summed E-state index contributed by atoms with van der Waals surface area (Å²) in [5.74, 6) is -0.666. The van der Waals surface area contributed by atoms with E-state index in [1.54, 1.807) is 12.1 Å². The van der Waals surface area contributed by atoms with Crippen LogP contribution in [0, 0.1) is 0 Å². The van der Waals surface area contributed by atoms with Gasteiger partial charge in [-0.15, -0.1) is 0 Å². The Balaban J connectivity index is 1.81. The van der Waals surface area contributed by atoms with Crippen molar-refractivity contribution in [3.63, 3.8) is 0 Å². The number of benzene rings is 1. The maximum Gasteiger partial charge on any atom is 0.459 e. The molecule has 1 fully saturated rings. The molecular weight excluding hydrogens is 554 g/mol. The van der Waals surface area contributed by atoms with Crippen LogP contribution in [0.15, 0.2) is 45.8 Å². The van der Waals surface area contributed by atoms with Gasteiger partial charge in [0.1, 0.15) is 29.8 Å². The molecule has 15 heteroatoms. The van der Waals surface area contributed by atoms with Gasteiger partial charge in [-0.05, 0) is 44.2 Å². The first-order valence-electron chi connectivity index (χ1n) is 10.3. The van der Waals surface area contributed by atoms with Crippen molar-refractivity contribution in [3.8, 4) is 5.75 Å². The van der Waals surface area contributed by atoms with E-state index in [1.165, 1.54) is 31.3 Å². The summed E-state index contributed by atoms with van der Waals surface area (Å²) in [6.45, 7) is 1.80. The molecule has 1 unspecified atom stereocenters. The van der Waals surface area contributed by atoms with Gasteiger partial charge in [-0.3, -0.25) is 13.9 Å². The van der Waals surface area contributed by atoms with Crippen molar-refractivity contribution < 1.29 is 37.4 Å². The molecule has 0 amide bonds. The predicted molar refractivity (Wildman–Crippen MR) is 125 cm³/mol. The van der Waals surface area contributed by atoms with Crippen LogP contribution >= 0.6 is 23.7 Å². The number of nitrogen functional groups attached to an aromatic ring is 1. The average Bonchev–Trinajstić information content (AvgIpc) is 3.02. The molecule has 1 saturated heterocycles. The Hall–Kier alpha value is -2.35. The Morgan fingerprint density at radius 1 is 1.43 bits per heavy atom. The number of carbonyl (C=O) groups excluding carboxylic acids is 1. The highest BCUT2D eigenvalue weighted by Crippen LogP contribution is 2.47. The first-order chi connectivity index (χ1) is 16.4. The number of halogens is 2. The van der Waals surface area contributed by atoms with Crippen LogP contribution in [0.4, 0.5) is 10.2 Å². The number of carbonyl (C=O) groups is 1. The summed E-state index contributed by atoms with van der Waals surface area (Å²) in [7, 11) is -3.13. The average molecular weight is 579 g/mol. The second-order valence-corrected chi connectivity index (χ2v) is 10.5. The Labute approximate surface area is 208 Å². The van der Waals surface area contributed by atoms with Crippen molar-refractivity contribution in [1.29, 1.82) is 0 Å². The van der Waals surface area contributed by atoms with Gasteiger partial charge in [0.05, 0.1) is 13.7 Å². The number of methoxy groups -OCH3 is 1. The quantitative estimate of drug-likeness (QED) is 0.294. The number of esters is 1. The van der Waals surface area contributed by atoms with Crippen molar-refractivity contribution in [3.05, 3.63) is 51.5 Å². The van der Waals surface area contributed by atoms with Crippen molar-refractivity contribution in [2.75, 3.05) is 19.5 Å². The van der Waals surface area contributed by atoms with Crippen LogP contribution in [-0.4, -0.2) is 58.3 Å². The number of aromatic nitrogens is 2. The van der Waals surface area contributed by atoms with Crippen molar-refractivity contribution in [2.24, 2.45) is 0 Å². The van der Waals surface area contributed by atoms with E-state index in [9.17, 15) is 19.3 Å². The van der Waals surface area contributed by atoms with Crippen molar-refractivity contribution >= 4 is 35.5 Å². The molecule has 1 aromatic heterocycles. The number of aliphatic hydroxyl groups is 1. The molecule has 1 aliphatic heterocycles. The lowest BCUT2D eigenvalue weighted by Gasteiger charge is -2.25. The minimum atomic E-state index is -4.29. The van der Waals surface area contributed by atoms with Crippen LogP contribution in [0.25, 0.3) is 0 Å². The van der Waals surface area contributed by atoms with Gasteiger partial charge in [0, 0.05) is 10.7 Å². The second-order valence-electron chi connectivity index (χ2n) is 7.88. The zero-order chi connectivity index (χ0) is 26.0. The minimum Gasteiger partial charge on any atom is -0.468 e. The zero-order valence-electron chi connectivity index (χ0n) is 19.0. The van der Waals surface area contributed by atoms with E-state index in [4.69, 9.17) is 19.5 Å². The van der Waals surface area contributed by atoms with Crippen molar-refractivity contribution in [2.45, 2.75) is 44.0 Å². The fraction of sp³-hybridized carbons (Fsp3) is 0.450. The molecule has 1 aliphatic rings. The lowest BCUT2D eigenvalue weighted by atomic mass is 9.98. The van der Waals surface area contributed by atoms with Gasteiger partial charge in [-0.2, -0.15) is 10.1 Å². The number of aliphatic hydroxyl groups excluding tert-OH is 1. The first-order valence-corrected chi connectivity index (χ1v) is 12.6. The Morgan fingerprint density at radius 2 is 2.09 bits per heavy atom. The summed E-state index contributed by atoms with van der Waals surface area (Å²) in [5, 5.41) is 13.0. The molecule has 6 atom stereocenters. The lowest BCUT2D eigenvalue weighted by Crippen LogP contribution is -2.43. The number of nitrogens with one attached hydrogen (secondary N) is 1. The standard InChI is InChI=1S/C20H25BrFN4O8P/c1-11(17(28)31-3)25-35(30,34-13-6-4-12(21)5-7-13)32-10-14-16(27)20(2,22)18(33-14)26-9-8-15(23)24-19(26)29/h4-9,11,14,16,18,27H,10H2,1-3H3,(H,25,30)(H2,23,24,29)/t11-,14+,16+,18+,20+,35?/m0/s1. The van der Waals surface area contributed by atoms with Crippen LogP contribution in [0.1, 0.15) is 20.1 Å². The summed E-state index contributed by atoms with van der Waals surface area (Å²) < 4.78 is 51.6. The molecule has 0 saturated carbocycles. The number of anilines is 1. The minimum absolute atomic E-state index is 0.0675. The van der Waals surface area contributed by atoms with E-state index in [0.29, 0.717) is 0 Å². The summed E-state index contributed by atoms with van der Waals surface area (Å²) in [6.07, 6.45) is -3.53. The molecule has 192 valence electrons. The van der Waals surface area contributed by atoms with Crippen LogP contribution in [0.5, 0.6) is 5.75 Å². The highest BCUT2D eigenvalue weighted by Gasteiger charge is 2.56. The number of rotatable bonds is 9. The van der Waals surface area contributed by atoms with Crippen LogP contribution in [0.2, 0.25) is 0 Å². The first kappa shape index (κ1) is 27.2. The molecule has 0 aliphatic carbocycles. The summed E-state index contributed by atoms with van der Waals surface area (Å²) >= 11 is 3.27. The molecule has 0 bridgehead atoms. The third-order valence-corrected chi connectivity index (χ3v) is 7.35. The number of nitrogens with zero attached hydrogens (tertiary/aromatic N) is 2.